The third kappa shape index (κ3) is 1.81. The van der Waals surface area contributed by atoms with Gasteiger partial charge in [0.15, 0.2) is 5.78 Å². The molecule has 0 spiro atoms. The van der Waals surface area contributed by atoms with Gasteiger partial charge in [0, 0.05) is 17.6 Å². The van der Waals surface area contributed by atoms with Crippen molar-refractivity contribution in [1.82, 2.24) is 0 Å². The lowest BCUT2D eigenvalue weighted by atomic mass is 10.0. The second-order valence-corrected chi connectivity index (χ2v) is 3.50. The van der Waals surface area contributed by atoms with Gasteiger partial charge in [0.2, 0.25) is 0 Å². The van der Waals surface area contributed by atoms with E-state index >= 15 is 0 Å². The molecule has 0 radical (unpaired) electrons. The van der Waals surface area contributed by atoms with Gasteiger partial charge in [-0.3, -0.25) is 4.79 Å². The first-order valence-corrected chi connectivity index (χ1v) is 4.72. The molecule has 0 saturated carbocycles. The number of allylic oxidation sites excluding steroid dienone is 1. The van der Waals surface area contributed by atoms with E-state index < -0.39 is 5.97 Å². The molecule has 76 valence electrons. The van der Waals surface area contributed by atoms with Gasteiger partial charge >= 0.3 is 5.97 Å². The summed E-state index contributed by atoms with van der Waals surface area (Å²) in [5.74, 6) is -1.12. The zero-order valence-corrected chi connectivity index (χ0v) is 8.06. The third-order valence-electron chi connectivity index (χ3n) is 2.51. The maximum atomic E-state index is 11.7. The van der Waals surface area contributed by atoms with Gasteiger partial charge in [-0.05, 0) is 12.0 Å². The molecule has 1 aromatic rings. The number of hydrogen-bond acceptors (Lipinski definition) is 2. The molecule has 3 heteroatoms. The van der Waals surface area contributed by atoms with Gasteiger partial charge in [-0.2, -0.15) is 0 Å². The van der Waals surface area contributed by atoms with Crippen LogP contribution >= 0.6 is 0 Å². The van der Waals surface area contributed by atoms with E-state index in [9.17, 15) is 9.59 Å². The van der Waals surface area contributed by atoms with Gasteiger partial charge in [-0.1, -0.05) is 30.3 Å². The lowest BCUT2D eigenvalue weighted by Crippen LogP contribution is -2.06. The number of rotatable bonds is 1. The van der Waals surface area contributed by atoms with Crippen LogP contribution in [-0.2, 0) is 11.2 Å². The topological polar surface area (TPSA) is 54.4 Å². The number of carboxylic acid groups (broad SMARTS) is 1. The molecule has 3 nitrogen and oxygen atoms in total. The second-order valence-electron chi connectivity index (χ2n) is 3.50. The molecule has 0 aromatic heterocycles. The Balaban J connectivity index is 2.42. The standard InChI is InChI=1S/C12H10O3/c13-11-7-9(12(14)15)6-5-8-3-1-2-4-10(8)11/h1-4,6H,5,7H2,(H,14,15). The molecule has 0 heterocycles. The van der Waals surface area contributed by atoms with E-state index in [4.69, 9.17) is 5.11 Å². The fourth-order valence-electron chi connectivity index (χ4n) is 1.71. The summed E-state index contributed by atoms with van der Waals surface area (Å²) in [5.41, 5.74) is 1.74. The van der Waals surface area contributed by atoms with Gasteiger partial charge in [0.05, 0.1) is 0 Å². The molecule has 0 atom stereocenters. The van der Waals surface area contributed by atoms with Crippen LogP contribution in [0.15, 0.2) is 35.9 Å². The predicted octanol–water partition coefficient (Wildman–Crippen LogP) is 1.83. The van der Waals surface area contributed by atoms with Crippen LogP contribution in [0.1, 0.15) is 22.3 Å². The lowest BCUT2D eigenvalue weighted by Gasteiger charge is -2.02. The number of carboxylic acids is 1. The Bertz CT molecular complexity index is 458. The van der Waals surface area contributed by atoms with Crippen LogP contribution in [0.25, 0.3) is 0 Å². The van der Waals surface area contributed by atoms with Gasteiger partial charge in [0.1, 0.15) is 0 Å². The first-order chi connectivity index (χ1) is 7.18. The highest BCUT2D eigenvalue weighted by Gasteiger charge is 2.19. The Hall–Kier alpha value is -1.90. The fraction of sp³-hybridized carbons (Fsp3) is 0.167. The number of hydrogen-bond donors (Lipinski definition) is 1. The van der Waals surface area contributed by atoms with Crippen LogP contribution in [0.3, 0.4) is 0 Å². The van der Waals surface area contributed by atoms with Crippen molar-refractivity contribution in [2.24, 2.45) is 0 Å². The van der Waals surface area contributed by atoms with E-state index in [0.717, 1.165) is 5.56 Å². The smallest absolute Gasteiger partial charge is 0.331 e. The minimum atomic E-state index is -1.00. The van der Waals surface area contributed by atoms with Crippen molar-refractivity contribution in [3.8, 4) is 0 Å². The number of Topliss-reactive ketones (excluding diaryl/α,β-unsaturated/α-hetero) is 1. The van der Waals surface area contributed by atoms with Crippen molar-refractivity contribution in [3.05, 3.63) is 47.0 Å². The van der Waals surface area contributed by atoms with Crippen LogP contribution < -0.4 is 0 Å². The number of ketones is 1. The Kier molecular flexibility index (Phi) is 2.37. The number of carbonyl (C=O) groups excluding carboxylic acids is 1. The van der Waals surface area contributed by atoms with E-state index in [1.54, 1.807) is 18.2 Å². The number of fused-ring (bicyclic) bond motifs is 1. The van der Waals surface area contributed by atoms with E-state index in [2.05, 4.69) is 0 Å². The normalized spacial score (nSPS) is 15.2. The van der Waals surface area contributed by atoms with Crippen LogP contribution in [0, 0.1) is 0 Å². The van der Waals surface area contributed by atoms with Crippen molar-refractivity contribution >= 4 is 11.8 Å². The van der Waals surface area contributed by atoms with E-state index in [1.165, 1.54) is 0 Å². The van der Waals surface area contributed by atoms with Crippen molar-refractivity contribution in [1.29, 1.82) is 0 Å². The summed E-state index contributed by atoms with van der Waals surface area (Å²) in [6.45, 7) is 0. The van der Waals surface area contributed by atoms with Gasteiger partial charge in [-0.15, -0.1) is 0 Å². The maximum Gasteiger partial charge on any atom is 0.331 e. The first-order valence-electron chi connectivity index (χ1n) is 4.72. The molecule has 0 unspecified atom stereocenters. The van der Waals surface area contributed by atoms with E-state index in [1.807, 2.05) is 12.1 Å². The quantitative estimate of drug-likeness (QED) is 0.755. The molecule has 1 N–H and O–H groups in total. The van der Waals surface area contributed by atoms with Crippen LogP contribution in [0.5, 0.6) is 0 Å². The molecule has 15 heavy (non-hydrogen) atoms. The molecule has 0 bridgehead atoms. The fourth-order valence-corrected chi connectivity index (χ4v) is 1.71. The highest BCUT2D eigenvalue weighted by Crippen LogP contribution is 2.20. The molecule has 0 aliphatic heterocycles. The molecule has 0 fully saturated rings. The molecular weight excluding hydrogens is 192 g/mol. The molecule has 0 saturated heterocycles. The average Bonchev–Trinajstić information content (AvgIpc) is 2.39. The number of benzene rings is 1. The Morgan fingerprint density at radius 1 is 1.27 bits per heavy atom. The largest absolute Gasteiger partial charge is 0.478 e. The first kappa shape index (κ1) is 9.65. The third-order valence-corrected chi connectivity index (χ3v) is 2.51. The summed E-state index contributed by atoms with van der Waals surface area (Å²) >= 11 is 0. The van der Waals surface area contributed by atoms with Crippen LogP contribution in [0.4, 0.5) is 0 Å². The summed E-state index contributed by atoms with van der Waals surface area (Å²) in [4.78, 5) is 22.5. The molecule has 2 rings (SSSR count). The van der Waals surface area contributed by atoms with Crippen molar-refractivity contribution in [2.45, 2.75) is 12.8 Å². The number of carbonyl (C=O) groups is 2. The summed E-state index contributed by atoms with van der Waals surface area (Å²) in [5, 5.41) is 8.84. The van der Waals surface area contributed by atoms with E-state index in [-0.39, 0.29) is 17.8 Å². The molecular formula is C12H10O3. The zero-order chi connectivity index (χ0) is 10.8. The van der Waals surface area contributed by atoms with Crippen molar-refractivity contribution in [3.63, 3.8) is 0 Å². The maximum absolute atomic E-state index is 11.7. The van der Waals surface area contributed by atoms with Crippen LogP contribution in [0.2, 0.25) is 0 Å². The summed E-state index contributed by atoms with van der Waals surface area (Å²) in [6.07, 6.45) is 2.13. The molecule has 1 aromatic carbocycles. The Morgan fingerprint density at radius 2 is 2.00 bits per heavy atom. The summed E-state index contributed by atoms with van der Waals surface area (Å²) < 4.78 is 0. The molecule has 0 amide bonds. The van der Waals surface area contributed by atoms with Gasteiger partial charge in [0.25, 0.3) is 0 Å². The van der Waals surface area contributed by atoms with Crippen molar-refractivity contribution < 1.29 is 14.7 Å². The lowest BCUT2D eigenvalue weighted by molar-refractivity contribution is -0.132. The monoisotopic (exact) mass is 202 g/mol. The number of aliphatic carboxylic acids is 1. The average molecular weight is 202 g/mol. The Labute approximate surface area is 87.0 Å². The highest BCUT2D eigenvalue weighted by atomic mass is 16.4. The summed E-state index contributed by atoms with van der Waals surface area (Å²) in [6, 6.07) is 7.25. The zero-order valence-electron chi connectivity index (χ0n) is 8.06. The van der Waals surface area contributed by atoms with Crippen molar-refractivity contribution in [2.75, 3.05) is 0 Å². The van der Waals surface area contributed by atoms with E-state index in [0.29, 0.717) is 12.0 Å². The highest BCUT2D eigenvalue weighted by molar-refractivity contribution is 6.04. The van der Waals surface area contributed by atoms with Gasteiger partial charge < -0.3 is 5.11 Å². The second kappa shape index (κ2) is 3.69. The summed E-state index contributed by atoms with van der Waals surface area (Å²) in [7, 11) is 0. The minimum Gasteiger partial charge on any atom is -0.478 e. The van der Waals surface area contributed by atoms with Crippen LogP contribution in [-0.4, -0.2) is 16.9 Å². The molecule has 1 aliphatic rings. The minimum absolute atomic E-state index is 0.00759. The molecule has 1 aliphatic carbocycles. The predicted molar refractivity (Wildman–Crippen MR) is 54.8 cm³/mol. The van der Waals surface area contributed by atoms with Gasteiger partial charge in [-0.25, -0.2) is 4.79 Å². The SMILES string of the molecule is O=C(O)C1=CCc2ccccc2C(=O)C1. The Morgan fingerprint density at radius 3 is 2.73 bits per heavy atom.